The molecule has 0 aliphatic carbocycles. The van der Waals surface area contributed by atoms with Gasteiger partial charge in [0, 0.05) is 41.2 Å². The fourth-order valence-electron chi connectivity index (χ4n) is 2.94. The van der Waals surface area contributed by atoms with E-state index in [9.17, 15) is 9.59 Å². The van der Waals surface area contributed by atoms with Gasteiger partial charge >= 0.3 is 0 Å². The molecule has 2 heterocycles. The highest BCUT2D eigenvalue weighted by atomic mass is 35.5. The average molecular weight is 339 g/mol. The van der Waals surface area contributed by atoms with Crippen molar-refractivity contribution in [1.82, 2.24) is 10.2 Å². The molecule has 2 aliphatic rings. The molecule has 4 nitrogen and oxygen atoms in total. The molecule has 1 aromatic rings. The van der Waals surface area contributed by atoms with Crippen LogP contribution in [0.25, 0.3) is 0 Å². The van der Waals surface area contributed by atoms with Crippen LogP contribution in [0.15, 0.2) is 29.2 Å². The minimum atomic E-state index is -0.159. The summed E-state index contributed by atoms with van der Waals surface area (Å²) in [5.74, 6) is -0.0345. The summed E-state index contributed by atoms with van der Waals surface area (Å²) in [5, 5.41) is 4.02. The van der Waals surface area contributed by atoms with Crippen molar-refractivity contribution in [2.24, 2.45) is 5.92 Å². The number of carbonyl (C=O) groups excluding carboxylic acids is 2. The first-order valence-corrected chi connectivity index (χ1v) is 8.85. The molecule has 2 aliphatic heterocycles. The van der Waals surface area contributed by atoms with E-state index in [1.54, 1.807) is 0 Å². The van der Waals surface area contributed by atoms with Gasteiger partial charge in [-0.2, -0.15) is 0 Å². The minimum absolute atomic E-state index is 0.00784. The number of nitrogens with one attached hydrogen (secondary N) is 1. The number of benzene rings is 1. The van der Waals surface area contributed by atoms with Gasteiger partial charge in [-0.05, 0) is 37.1 Å². The fraction of sp³-hybridized carbons (Fsp3) is 0.500. The van der Waals surface area contributed by atoms with Crippen molar-refractivity contribution in [1.29, 1.82) is 0 Å². The lowest BCUT2D eigenvalue weighted by atomic mass is 10.0. The van der Waals surface area contributed by atoms with Gasteiger partial charge in [0.05, 0.1) is 5.92 Å². The molecule has 0 radical (unpaired) electrons. The summed E-state index contributed by atoms with van der Waals surface area (Å²) in [6, 6.07) is 7.90. The number of likely N-dealkylation sites (tertiary alicyclic amines) is 1. The number of thioether (sulfide) groups is 1. The van der Waals surface area contributed by atoms with E-state index in [1.165, 1.54) is 4.90 Å². The van der Waals surface area contributed by atoms with Gasteiger partial charge in [0.15, 0.2) is 0 Å². The molecule has 118 valence electrons. The van der Waals surface area contributed by atoms with Crippen LogP contribution in [-0.4, -0.2) is 41.6 Å². The lowest BCUT2D eigenvalue weighted by Crippen LogP contribution is -2.43. The molecule has 2 fully saturated rings. The summed E-state index contributed by atoms with van der Waals surface area (Å²) in [6.45, 7) is 2.07. The maximum atomic E-state index is 12.4. The van der Waals surface area contributed by atoms with Crippen molar-refractivity contribution in [2.75, 3.05) is 19.6 Å². The first kappa shape index (κ1) is 15.7. The quantitative estimate of drug-likeness (QED) is 0.921. The lowest BCUT2D eigenvalue weighted by Gasteiger charge is -2.33. The van der Waals surface area contributed by atoms with Gasteiger partial charge in [-0.3, -0.25) is 9.59 Å². The highest BCUT2D eigenvalue weighted by molar-refractivity contribution is 8.00. The summed E-state index contributed by atoms with van der Waals surface area (Å²) in [7, 11) is 0. The molecular weight excluding hydrogens is 320 g/mol. The van der Waals surface area contributed by atoms with Crippen LogP contribution in [-0.2, 0) is 9.59 Å². The number of hydrogen-bond donors (Lipinski definition) is 1. The predicted molar refractivity (Wildman–Crippen MR) is 88.0 cm³/mol. The Hall–Kier alpha value is -1.20. The van der Waals surface area contributed by atoms with E-state index in [4.69, 9.17) is 11.6 Å². The zero-order valence-corrected chi connectivity index (χ0v) is 13.8. The van der Waals surface area contributed by atoms with E-state index in [1.807, 2.05) is 40.9 Å². The molecule has 0 unspecified atom stereocenters. The number of amides is 2. The first-order chi connectivity index (χ1) is 10.6. The van der Waals surface area contributed by atoms with E-state index in [0.717, 1.165) is 31.0 Å². The Kier molecular flexibility index (Phi) is 4.93. The van der Waals surface area contributed by atoms with Crippen LogP contribution < -0.4 is 5.32 Å². The van der Waals surface area contributed by atoms with E-state index >= 15 is 0 Å². The van der Waals surface area contributed by atoms with Crippen molar-refractivity contribution in [3.05, 3.63) is 29.3 Å². The lowest BCUT2D eigenvalue weighted by molar-refractivity contribution is -0.136. The van der Waals surface area contributed by atoms with Crippen molar-refractivity contribution in [2.45, 2.75) is 29.4 Å². The minimum Gasteiger partial charge on any atom is -0.355 e. The zero-order chi connectivity index (χ0) is 15.5. The predicted octanol–water partition coefficient (Wildman–Crippen LogP) is 2.56. The summed E-state index contributed by atoms with van der Waals surface area (Å²) >= 11 is 7.75. The summed E-state index contributed by atoms with van der Waals surface area (Å²) in [5.41, 5.74) is 0. The number of hydrogen-bond acceptors (Lipinski definition) is 3. The smallest absolute Gasteiger partial charge is 0.227 e. The monoisotopic (exact) mass is 338 g/mol. The highest BCUT2D eigenvalue weighted by Gasteiger charge is 2.33. The van der Waals surface area contributed by atoms with Crippen LogP contribution in [0.1, 0.15) is 19.3 Å². The Labute approximate surface area is 139 Å². The van der Waals surface area contributed by atoms with Crippen LogP contribution in [0.5, 0.6) is 0 Å². The van der Waals surface area contributed by atoms with Crippen molar-refractivity contribution >= 4 is 35.2 Å². The summed E-state index contributed by atoms with van der Waals surface area (Å²) < 4.78 is 0. The molecule has 0 aromatic heterocycles. The van der Waals surface area contributed by atoms with Crippen molar-refractivity contribution in [3.8, 4) is 0 Å². The van der Waals surface area contributed by atoms with Crippen LogP contribution in [0.2, 0.25) is 5.02 Å². The number of rotatable bonds is 3. The number of nitrogens with zero attached hydrogens (tertiary/aromatic N) is 1. The fourth-order valence-corrected chi connectivity index (χ4v) is 4.19. The summed E-state index contributed by atoms with van der Waals surface area (Å²) in [4.78, 5) is 26.7. The molecule has 0 bridgehead atoms. The van der Waals surface area contributed by atoms with Crippen molar-refractivity contribution in [3.63, 3.8) is 0 Å². The van der Waals surface area contributed by atoms with Crippen LogP contribution in [0.4, 0.5) is 0 Å². The second-order valence-corrected chi connectivity index (χ2v) is 7.61. The van der Waals surface area contributed by atoms with Crippen molar-refractivity contribution < 1.29 is 9.59 Å². The summed E-state index contributed by atoms with van der Waals surface area (Å²) in [6.07, 6.45) is 2.33. The SMILES string of the molecule is O=C1C[C@H](C(=O)N2CCC(Sc3ccc(Cl)cc3)CC2)CN1. The van der Waals surface area contributed by atoms with E-state index in [-0.39, 0.29) is 17.7 Å². The Bertz CT molecular complexity index is 556. The van der Waals surface area contributed by atoms with Gasteiger partial charge in [0.25, 0.3) is 0 Å². The first-order valence-electron chi connectivity index (χ1n) is 7.59. The number of halogens is 1. The molecule has 2 saturated heterocycles. The zero-order valence-electron chi connectivity index (χ0n) is 12.3. The highest BCUT2D eigenvalue weighted by Crippen LogP contribution is 2.31. The maximum Gasteiger partial charge on any atom is 0.227 e. The molecule has 3 rings (SSSR count). The normalized spacial score (nSPS) is 22.7. The van der Waals surface area contributed by atoms with E-state index in [0.29, 0.717) is 18.2 Å². The van der Waals surface area contributed by atoms with Gasteiger partial charge < -0.3 is 10.2 Å². The second kappa shape index (κ2) is 6.92. The number of carbonyl (C=O) groups is 2. The molecule has 22 heavy (non-hydrogen) atoms. The van der Waals surface area contributed by atoms with Gasteiger partial charge in [-0.15, -0.1) is 11.8 Å². The third-order valence-corrected chi connectivity index (χ3v) is 5.80. The molecule has 1 N–H and O–H groups in total. The standard InChI is InChI=1S/C16H19ClN2O2S/c17-12-1-3-13(4-2-12)22-14-5-7-19(8-6-14)16(21)11-9-15(20)18-10-11/h1-4,11,14H,5-10H2,(H,18,20)/t11-/m0/s1. The van der Waals surface area contributed by atoms with Crippen LogP contribution >= 0.6 is 23.4 Å². The second-order valence-electron chi connectivity index (χ2n) is 5.80. The molecule has 1 atom stereocenters. The molecule has 2 amide bonds. The van der Waals surface area contributed by atoms with E-state index in [2.05, 4.69) is 5.32 Å². The molecule has 0 spiro atoms. The third-order valence-electron chi connectivity index (χ3n) is 4.20. The van der Waals surface area contributed by atoms with Gasteiger partial charge in [0.2, 0.25) is 11.8 Å². The molecule has 1 aromatic carbocycles. The Morgan fingerprint density at radius 3 is 2.50 bits per heavy atom. The Morgan fingerprint density at radius 2 is 1.91 bits per heavy atom. The topological polar surface area (TPSA) is 49.4 Å². The largest absolute Gasteiger partial charge is 0.355 e. The van der Waals surface area contributed by atoms with E-state index < -0.39 is 0 Å². The average Bonchev–Trinajstić information content (AvgIpc) is 2.96. The Morgan fingerprint density at radius 1 is 1.23 bits per heavy atom. The van der Waals surface area contributed by atoms with Gasteiger partial charge in [0.1, 0.15) is 0 Å². The van der Waals surface area contributed by atoms with Crippen LogP contribution in [0.3, 0.4) is 0 Å². The maximum absolute atomic E-state index is 12.4. The Balaban J connectivity index is 1.48. The van der Waals surface area contributed by atoms with Crippen LogP contribution in [0, 0.1) is 5.92 Å². The number of piperidine rings is 1. The molecule has 6 heteroatoms. The molecular formula is C16H19ClN2O2S. The molecule has 0 saturated carbocycles. The third kappa shape index (κ3) is 3.76. The van der Waals surface area contributed by atoms with Gasteiger partial charge in [-0.1, -0.05) is 11.6 Å². The van der Waals surface area contributed by atoms with Gasteiger partial charge in [-0.25, -0.2) is 0 Å².